The third kappa shape index (κ3) is 3.18. The molecule has 0 saturated carbocycles. The van der Waals surface area contributed by atoms with E-state index in [0.29, 0.717) is 11.0 Å². The molecule has 0 unspecified atom stereocenters. The fourth-order valence-electron chi connectivity index (χ4n) is 1.03. The molecule has 5 heteroatoms. The van der Waals surface area contributed by atoms with Crippen molar-refractivity contribution in [3.8, 4) is 0 Å². The van der Waals surface area contributed by atoms with Crippen LogP contribution in [0.2, 0.25) is 5.02 Å². The summed E-state index contributed by atoms with van der Waals surface area (Å²) in [7, 11) is 0. The predicted molar refractivity (Wildman–Crippen MR) is 61.7 cm³/mol. The molecule has 0 aromatic heterocycles. The van der Waals surface area contributed by atoms with Crippen LogP contribution >= 0.6 is 27.5 Å². The van der Waals surface area contributed by atoms with Crippen molar-refractivity contribution in [1.29, 1.82) is 0 Å². The first-order valence-corrected chi connectivity index (χ1v) is 5.66. The molecule has 0 aliphatic rings. The molecule has 0 bridgehead atoms. The fourth-order valence-corrected chi connectivity index (χ4v) is 1.52. The summed E-state index contributed by atoms with van der Waals surface area (Å²) in [6, 6.07) is 2.50. The number of carbonyl (C=O) groups is 1. The Balaban J connectivity index is 2.94. The summed E-state index contributed by atoms with van der Waals surface area (Å²) in [4.78, 5) is 11.5. The van der Waals surface area contributed by atoms with Gasteiger partial charge < -0.3 is 5.32 Å². The quantitative estimate of drug-likeness (QED) is 0.851. The lowest BCUT2D eigenvalue weighted by Gasteiger charge is -2.06. The first kappa shape index (κ1) is 12.5. The minimum atomic E-state index is -0.614. The van der Waals surface area contributed by atoms with Gasteiger partial charge in [0.25, 0.3) is 5.91 Å². The molecule has 0 aliphatic heterocycles. The molecule has 1 amide bonds. The van der Waals surface area contributed by atoms with Gasteiger partial charge in [-0.25, -0.2) is 4.39 Å². The normalized spacial score (nSPS) is 10.1. The Labute approximate surface area is 101 Å². The molecule has 1 aromatic carbocycles. The first-order chi connectivity index (χ1) is 7.06. The molecule has 1 aromatic rings. The van der Waals surface area contributed by atoms with Gasteiger partial charge in [0.2, 0.25) is 0 Å². The van der Waals surface area contributed by atoms with Gasteiger partial charge in [0.15, 0.2) is 0 Å². The van der Waals surface area contributed by atoms with Crippen molar-refractivity contribution >= 4 is 33.4 Å². The number of benzene rings is 1. The van der Waals surface area contributed by atoms with Crippen LogP contribution in [0.5, 0.6) is 0 Å². The van der Waals surface area contributed by atoms with Gasteiger partial charge in [-0.05, 0) is 34.5 Å². The van der Waals surface area contributed by atoms with Gasteiger partial charge in [0.05, 0.1) is 10.6 Å². The molecule has 2 nitrogen and oxygen atoms in total. The van der Waals surface area contributed by atoms with Crippen LogP contribution in [0, 0.1) is 5.82 Å². The molecule has 0 aliphatic carbocycles. The summed E-state index contributed by atoms with van der Waals surface area (Å²) in [5.74, 6) is -1.04. The smallest absolute Gasteiger partial charge is 0.254 e. The molecule has 1 N–H and O–H groups in total. The van der Waals surface area contributed by atoms with Crippen LogP contribution < -0.4 is 5.32 Å². The van der Waals surface area contributed by atoms with Gasteiger partial charge in [-0.15, -0.1) is 0 Å². The van der Waals surface area contributed by atoms with E-state index in [2.05, 4.69) is 21.2 Å². The lowest BCUT2D eigenvalue weighted by Crippen LogP contribution is -2.25. The molecule has 15 heavy (non-hydrogen) atoms. The lowest BCUT2D eigenvalue weighted by molar-refractivity contribution is 0.0949. The SMILES string of the molecule is CCCNC(=O)c1cc(Br)c(Cl)cc1F. The predicted octanol–water partition coefficient (Wildman–Crippen LogP) is 3.38. The largest absolute Gasteiger partial charge is 0.352 e. The molecule has 1 rings (SSSR count). The van der Waals surface area contributed by atoms with E-state index in [-0.39, 0.29) is 10.6 Å². The Bertz CT molecular complexity index is 384. The van der Waals surface area contributed by atoms with Crippen molar-refractivity contribution in [2.75, 3.05) is 6.54 Å². The number of carbonyl (C=O) groups excluding carboxylic acids is 1. The van der Waals surface area contributed by atoms with Gasteiger partial charge in [-0.3, -0.25) is 4.79 Å². The van der Waals surface area contributed by atoms with Gasteiger partial charge in [0.1, 0.15) is 5.82 Å². The second-order valence-corrected chi connectivity index (χ2v) is 4.26. The summed E-state index contributed by atoms with van der Waals surface area (Å²) in [6.07, 6.45) is 0.808. The maximum atomic E-state index is 13.3. The highest BCUT2D eigenvalue weighted by atomic mass is 79.9. The van der Waals surface area contributed by atoms with E-state index in [1.807, 2.05) is 6.92 Å². The zero-order valence-electron chi connectivity index (χ0n) is 8.11. The average Bonchev–Trinajstić information content (AvgIpc) is 2.20. The average molecular weight is 295 g/mol. The minimum Gasteiger partial charge on any atom is -0.352 e. The van der Waals surface area contributed by atoms with Gasteiger partial charge in [-0.2, -0.15) is 0 Å². The Morgan fingerprint density at radius 1 is 1.60 bits per heavy atom. The standard InChI is InChI=1S/C10H10BrClFNO/c1-2-3-14-10(15)6-4-7(11)8(12)5-9(6)13/h4-5H,2-3H2,1H3,(H,14,15). The maximum Gasteiger partial charge on any atom is 0.254 e. The van der Waals surface area contributed by atoms with E-state index < -0.39 is 11.7 Å². The van der Waals surface area contributed by atoms with Gasteiger partial charge >= 0.3 is 0 Å². The number of rotatable bonds is 3. The highest BCUT2D eigenvalue weighted by Crippen LogP contribution is 2.25. The summed E-state index contributed by atoms with van der Waals surface area (Å²) in [5.41, 5.74) is -0.000255. The number of nitrogens with one attached hydrogen (secondary N) is 1. The Hall–Kier alpha value is -0.610. The van der Waals surface area contributed by atoms with E-state index in [4.69, 9.17) is 11.6 Å². The van der Waals surface area contributed by atoms with Crippen molar-refractivity contribution in [3.05, 3.63) is 33.0 Å². The first-order valence-electron chi connectivity index (χ1n) is 4.49. The Kier molecular flexibility index (Phi) is 4.54. The van der Waals surface area contributed by atoms with Crippen molar-refractivity contribution in [2.45, 2.75) is 13.3 Å². The molecule has 0 heterocycles. The van der Waals surface area contributed by atoms with Crippen molar-refractivity contribution < 1.29 is 9.18 Å². The third-order valence-electron chi connectivity index (χ3n) is 1.79. The monoisotopic (exact) mass is 293 g/mol. The van der Waals surface area contributed by atoms with Crippen LogP contribution in [0.4, 0.5) is 4.39 Å². The zero-order valence-corrected chi connectivity index (χ0v) is 10.5. The van der Waals surface area contributed by atoms with E-state index in [9.17, 15) is 9.18 Å². The summed E-state index contributed by atoms with van der Waals surface area (Å²) in [6.45, 7) is 2.45. The van der Waals surface area contributed by atoms with Crippen LogP contribution in [-0.4, -0.2) is 12.5 Å². The fraction of sp³-hybridized carbons (Fsp3) is 0.300. The van der Waals surface area contributed by atoms with Crippen LogP contribution in [0.15, 0.2) is 16.6 Å². The third-order valence-corrected chi connectivity index (χ3v) is 2.99. The molecule has 0 fully saturated rings. The van der Waals surface area contributed by atoms with E-state index in [0.717, 1.165) is 12.5 Å². The minimum absolute atomic E-state index is 0.000255. The van der Waals surface area contributed by atoms with E-state index in [1.54, 1.807) is 0 Å². The summed E-state index contributed by atoms with van der Waals surface area (Å²) >= 11 is 8.81. The number of hydrogen-bond donors (Lipinski definition) is 1. The second kappa shape index (κ2) is 5.47. The van der Waals surface area contributed by atoms with Crippen LogP contribution in [0.1, 0.15) is 23.7 Å². The van der Waals surface area contributed by atoms with Crippen molar-refractivity contribution in [2.24, 2.45) is 0 Å². The van der Waals surface area contributed by atoms with Crippen molar-refractivity contribution in [3.63, 3.8) is 0 Å². The topological polar surface area (TPSA) is 29.1 Å². The molecule has 0 saturated heterocycles. The van der Waals surface area contributed by atoms with E-state index in [1.165, 1.54) is 6.07 Å². The molecule has 0 spiro atoms. The zero-order chi connectivity index (χ0) is 11.4. The number of hydrogen-bond acceptors (Lipinski definition) is 1. The van der Waals surface area contributed by atoms with Crippen molar-refractivity contribution in [1.82, 2.24) is 5.32 Å². The molecule has 82 valence electrons. The van der Waals surface area contributed by atoms with Crippen LogP contribution in [0.25, 0.3) is 0 Å². The van der Waals surface area contributed by atoms with E-state index >= 15 is 0 Å². The summed E-state index contributed by atoms with van der Waals surface area (Å²) in [5, 5.41) is 2.84. The highest BCUT2D eigenvalue weighted by molar-refractivity contribution is 9.10. The van der Waals surface area contributed by atoms with Gasteiger partial charge in [0, 0.05) is 11.0 Å². The van der Waals surface area contributed by atoms with Crippen LogP contribution in [-0.2, 0) is 0 Å². The Morgan fingerprint density at radius 3 is 2.87 bits per heavy atom. The second-order valence-electron chi connectivity index (χ2n) is 3.00. The highest BCUT2D eigenvalue weighted by Gasteiger charge is 2.13. The number of halogens is 3. The summed E-state index contributed by atoms with van der Waals surface area (Å²) < 4.78 is 13.8. The molecule has 0 atom stereocenters. The van der Waals surface area contributed by atoms with Crippen LogP contribution in [0.3, 0.4) is 0 Å². The lowest BCUT2D eigenvalue weighted by atomic mass is 10.2. The molecular weight excluding hydrogens is 284 g/mol. The maximum absolute atomic E-state index is 13.3. The molecule has 0 radical (unpaired) electrons. The Morgan fingerprint density at radius 2 is 2.27 bits per heavy atom. The molecular formula is C10H10BrClFNO. The van der Waals surface area contributed by atoms with Gasteiger partial charge in [-0.1, -0.05) is 18.5 Å². The number of amides is 1.